The predicted molar refractivity (Wildman–Crippen MR) is 115 cm³/mol. The van der Waals surface area contributed by atoms with E-state index in [1.54, 1.807) is 38.8 Å². The molecule has 1 N–H and O–H groups in total. The van der Waals surface area contributed by atoms with Crippen molar-refractivity contribution >= 4 is 10.9 Å². The maximum absolute atomic E-state index is 12.5. The molecule has 0 spiro atoms. The van der Waals surface area contributed by atoms with E-state index in [-0.39, 0.29) is 11.1 Å². The van der Waals surface area contributed by atoms with E-state index in [1.165, 1.54) is 14.7 Å². The summed E-state index contributed by atoms with van der Waals surface area (Å²) in [7, 11) is 3.39. The molecule has 0 saturated heterocycles. The molecule has 0 aliphatic heterocycles. The van der Waals surface area contributed by atoms with Gasteiger partial charge in [0.05, 0.1) is 6.20 Å². The molecule has 0 aliphatic rings. The number of hydrogen-bond acceptors (Lipinski definition) is 3. The predicted octanol–water partition coefficient (Wildman–Crippen LogP) is 3.95. The van der Waals surface area contributed by atoms with E-state index in [9.17, 15) is 9.59 Å². The van der Waals surface area contributed by atoms with Gasteiger partial charge in [0.15, 0.2) is 5.75 Å². The maximum atomic E-state index is 12.5. The van der Waals surface area contributed by atoms with Gasteiger partial charge in [-0.1, -0.05) is 17.7 Å². The fourth-order valence-electron chi connectivity index (χ4n) is 3.82. The zero-order valence-electron chi connectivity index (χ0n) is 17.2. The van der Waals surface area contributed by atoms with Crippen molar-refractivity contribution in [3.8, 4) is 22.6 Å². The number of ether oxygens (including phenoxy) is 1. The van der Waals surface area contributed by atoms with Crippen LogP contribution in [0.2, 0.25) is 0 Å². The summed E-state index contributed by atoms with van der Waals surface area (Å²) >= 11 is 0. The van der Waals surface area contributed by atoms with Gasteiger partial charge in [0, 0.05) is 49.1 Å². The number of aromatic amines is 1. The molecule has 0 aliphatic carbocycles. The summed E-state index contributed by atoms with van der Waals surface area (Å²) < 4.78 is 9.36. The van der Waals surface area contributed by atoms with Gasteiger partial charge in [-0.15, -0.1) is 0 Å². The molecule has 0 amide bonds. The Kier molecular flexibility index (Phi) is 4.42. The molecule has 0 radical (unpaired) electrons. The van der Waals surface area contributed by atoms with Gasteiger partial charge in [0.25, 0.3) is 11.1 Å². The Hall–Kier alpha value is -3.54. The van der Waals surface area contributed by atoms with Crippen molar-refractivity contribution in [3.05, 3.63) is 80.3 Å². The van der Waals surface area contributed by atoms with Crippen LogP contribution in [0, 0.1) is 20.8 Å². The van der Waals surface area contributed by atoms with Crippen molar-refractivity contribution in [2.45, 2.75) is 20.8 Å². The minimum absolute atomic E-state index is 0.120. The summed E-state index contributed by atoms with van der Waals surface area (Å²) in [5, 5.41) is 0.753. The maximum Gasteiger partial charge on any atom is 0.274 e. The van der Waals surface area contributed by atoms with E-state index < -0.39 is 0 Å². The van der Waals surface area contributed by atoms with Crippen LogP contribution in [0.3, 0.4) is 0 Å². The molecule has 0 bridgehead atoms. The zero-order chi connectivity index (χ0) is 20.9. The Morgan fingerprint density at radius 1 is 0.897 bits per heavy atom. The lowest BCUT2D eigenvalue weighted by molar-refractivity contribution is 0.470. The molecular weight excluding hydrogens is 366 g/mol. The van der Waals surface area contributed by atoms with Crippen LogP contribution in [0.1, 0.15) is 16.7 Å². The van der Waals surface area contributed by atoms with Gasteiger partial charge in [-0.2, -0.15) is 0 Å². The zero-order valence-corrected chi connectivity index (χ0v) is 17.2. The van der Waals surface area contributed by atoms with Gasteiger partial charge >= 0.3 is 0 Å². The average molecular weight is 389 g/mol. The summed E-state index contributed by atoms with van der Waals surface area (Å²) in [6.45, 7) is 6.07. The van der Waals surface area contributed by atoms with E-state index in [4.69, 9.17) is 4.74 Å². The highest BCUT2D eigenvalue weighted by atomic mass is 16.5. The van der Waals surface area contributed by atoms with Crippen LogP contribution in [0.5, 0.6) is 11.5 Å². The van der Waals surface area contributed by atoms with Crippen LogP contribution >= 0.6 is 0 Å². The molecular formula is C23H23N3O3. The fraction of sp³-hybridized carbons (Fsp3) is 0.217. The summed E-state index contributed by atoms with van der Waals surface area (Å²) in [5.41, 5.74) is 4.85. The van der Waals surface area contributed by atoms with Gasteiger partial charge in [-0.25, -0.2) is 0 Å². The first kappa shape index (κ1) is 18.8. The molecule has 0 unspecified atom stereocenters. The highest BCUT2D eigenvalue weighted by molar-refractivity contribution is 5.95. The number of rotatable bonds is 3. The first-order valence-electron chi connectivity index (χ1n) is 9.39. The molecule has 0 fully saturated rings. The van der Waals surface area contributed by atoms with Gasteiger partial charge in [-0.3, -0.25) is 9.59 Å². The summed E-state index contributed by atoms with van der Waals surface area (Å²) in [6, 6.07) is 7.54. The largest absolute Gasteiger partial charge is 0.455 e. The minimum atomic E-state index is -0.151. The lowest BCUT2D eigenvalue weighted by atomic mass is 10.0. The van der Waals surface area contributed by atoms with Crippen LogP contribution in [-0.2, 0) is 14.1 Å². The van der Waals surface area contributed by atoms with Crippen molar-refractivity contribution in [1.29, 1.82) is 0 Å². The van der Waals surface area contributed by atoms with Crippen LogP contribution in [0.4, 0.5) is 0 Å². The molecule has 1 aromatic carbocycles. The second-order valence-electron chi connectivity index (χ2n) is 7.56. The number of benzene rings is 1. The van der Waals surface area contributed by atoms with Gasteiger partial charge in [0.2, 0.25) is 0 Å². The van der Waals surface area contributed by atoms with Gasteiger partial charge < -0.3 is 18.9 Å². The molecule has 0 atom stereocenters. The van der Waals surface area contributed by atoms with Crippen LogP contribution in [0.15, 0.2) is 52.4 Å². The molecule has 6 heteroatoms. The Morgan fingerprint density at radius 2 is 1.59 bits per heavy atom. The van der Waals surface area contributed by atoms with Gasteiger partial charge in [0.1, 0.15) is 11.3 Å². The highest BCUT2D eigenvalue weighted by Gasteiger charge is 2.17. The number of nitrogens with zero attached hydrogens (tertiary/aromatic N) is 2. The molecule has 4 aromatic rings. The topological polar surface area (TPSA) is 69.0 Å². The number of H-pyrrole nitrogens is 1. The summed E-state index contributed by atoms with van der Waals surface area (Å²) in [5.74, 6) is 1.33. The normalized spacial score (nSPS) is 11.2. The quantitative estimate of drug-likeness (QED) is 0.577. The molecule has 148 valence electrons. The lowest BCUT2D eigenvalue weighted by Crippen LogP contribution is -2.18. The number of pyridine rings is 2. The molecule has 29 heavy (non-hydrogen) atoms. The molecule has 0 saturated carbocycles. The van der Waals surface area contributed by atoms with Crippen molar-refractivity contribution in [2.24, 2.45) is 14.1 Å². The van der Waals surface area contributed by atoms with Gasteiger partial charge in [-0.05, 0) is 38.0 Å². The van der Waals surface area contributed by atoms with Crippen molar-refractivity contribution in [1.82, 2.24) is 14.1 Å². The van der Waals surface area contributed by atoms with Crippen LogP contribution < -0.4 is 15.9 Å². The van der Waals surface area contributed by atoms with Crippen molar-refractivity contribution in [3.63, 3.8) is 0 Å². The lowest BCUT2D eigenvalue weighted by Gasteiger charge is -2.17. The Morgan fingerprint density at radius 3 is 2.28 bits per heavy atom. The molecule has 4 rings (SSSR count). The first-order chi connectivity index (χ1) is 13.8. The van der Waals surface area contributed by atoms with Crippen molar-refractivity contribution in [2.75, 3.05) is 0 Å². The number of hydrogen-bond donors (Lipinski definition) is 1. The SMILES string of the molecule is Cc1cc(C)c(Oc2cn(C)c(=O)cc2-c2cn(C)c(=O)c3[nH]ccc23)c(C)c1. The second kappa shape index (κ2) is 6.81. The number of aryl methyl sites for hydroxylation is 5. The number of fused-ring (bicyclic) bond motifs is 1. The van der Waals surface area contributed by atoms with E-state index >= 15 is 0 Å². The third-order valence-corrected chi connectivity index (χ3v) is 5.19. The summed E-state index contributed by atoms with van der Waals surface area (Å²) in [6.07, 6.45) is 5.17. The highest BCUT2D eigenvalue weighted by Crippen LogP contribution is 2.37. The van der Waals surface area contributed by atoms with E-state index in [1.807, 2.05) is 19.9 Å². The Balaban J connectivity index is 1.99. The fourth-order valence-corrected chi connectivity index (χ4v) is 3.82. The van der Waals surface area contributed by atoms with E-state index in [2.05, 4.69) is 24.0 Å². The standard InChI is InChI=1S/C23H23N3O3/c1-13-8-14(2)22(15(3)9-13)29-19-12-25(4)20(27)10-17(19)18-11-26(5)23(28)21-16(18)6-7-24-21/h6-12,24H,1-5H3. The third kappa shape index (κ3) is 3.16. The van der Waals surface area contributed by atoms with Crippen molar-refractivity contribution < 1.29 is 4.74 Å². The molecule has 3 heterocycles. The third-order valence-electron chi connectivity index (χ3n) is 5.19. The molecule has 6 nitrogen and oxygen atoms in total. The molecule has 3 aromatic heterocycles. The minimum Gasteiger partial charge on any atom is -0.455 e. The van der Waals surface area contributed by atoms with E-state index in [0.29, 0.717) is 16.8 Å². The van der Waals surface area contributed by atoms with E-state index in [0.717, 1.165) is 27.8 Å². The Bertz CT molecular complexity index is 1350. The smallest absolute Gasteiger partial charge is 0.274 e. The van der Waals surface area contributed by atoms with Crippen LogP contribution in [0.25, 0.3) is 22.0 Å². The first-order valence-corrected chi connectivity index (χ1v) is 9.39. The Labute approximate surface area is 168 Å². The second-order valence-corrected chi connectivity index (χ2v) is 7.56. The number of nitrogens with one attached hydrogen (secondary N) is 1. The average Bonchev–Trinajstić information content (AvgIpc) is 3.14. The summed E-state index contributed by atoms with van der Waals surface area (Å²) in [4.78, 5) is 27.9. The number of aromatic nitrogens is 3. The van der Waals surface area contributed by atoms with Crippen LogP contribution in [-0.4, -0.2) is 14.1 Å². The monoisotopic (exact) mass is 389 g/mol.